The quantitative estimate of drug-likeness (QED) is 0.644. The van der Waals surface area contributed by atoms with E-state index in [0.717, 1.165) is 6.42 Å². The van der Waals surface area contributed by atoms with Crippen LogP contribution in [0.5, 0.6) is 0 Å². The fraction of sp³-hybridized carbons (Fsp3) is 0.833. The summed E-state index contributed by atoms with van der Waals surface area (Å²) in [5.74, 6) is 0.143. The average molecular weight is 242 g/mol. The van der Waals surface area contributed by atoms with E-state index in [-0.39, 0.29) is 17.4 Å². The molecule has 1 rings (SSSR count). The first kappa shape index (κ1) is 13.8. The third-order valence-electron chi connectivity index (χ3n) is 2.86. The molecule has 17 heavy (non-hydrogen) atoms. The van der Waals surface area contributed by atoms with Gasteiger partial charge in [-0.2, -0.15) is 0 Å². The Hall–Kier alpha value is -1.26. The van der Waals surface area contributed by atoms with Gasteiger partial charge in [-0.05, 0) is 6.42 Å². The highest BCUT2D eigenvalue weighted by Crippen LogP contribution is 2.18. The van der Waals surface area contributed by atoms with Gasteiger partial charge < -0.3 is 14.5 Å². The molecule has 1 fully saturated rings. The molecule has 2 amide bonds. The molecular formula is C12H22N2O3. The van der Waals surface area contributed by atoms with Gasteiger partial charge in [0.05, 0.1) is 7.11 Å². The number of rotatable bonds is 0. The largest absolute Gasteiger partial charge is 0.453 e. The summed E-state index contributed by atoms with van der Waals surface area (Å²) in [6.07, 6.45) is 0.492. The number of hydrogen-bond donors (Lipinski definition) is 0. The first-order valence-electron chi connectivity index (χ1n) is 5.98. The van der Waals surface area contributed by atoms with Crippen LogP contribution in [0.4, 0.5) is 4.79 Å². The standard InChI is InChI=1S/C12H22N2O3/c1-12(2,3)10(15)13-6-5-7-14(9-8-13)11(16)17-4/h5-9H2,1-4H3. The summed E-state index contributed by atoms with van der Waals surface area (Å²) in [6, 6.07) is 0. The van der Waals surface area contributed by atoms with Crippen LogP contribution in [-0.2, 0) is 9.53 Å². The molecule has 0 N–H and O–H groups in total. The normalized spacial score (nSPS) is 17.6. The van der Waals surface area contributed by atoms with Crippen LogP contribution >= 0.6 is 0 Å². The lowest BCUT2D eigenvalue weighted by molar-refractivity contribution is -0.139. The number of ether oxygens (including phenoxy) is 1. The van der Waals surface area contributed by atoms with E-state index in [9.17, 15) is 9.59 Å². The molecule has 0 aromatic carbocycles. The molecule has 5 nitrogen and oxygen atoms in total. The van der Waals surface area contributed by atoms with E-state index < -0.39 is 0 Å². The molecule has 0 aromatic heterocycles. The van der Waals surface area contributed by atoms with Crippen molar-refractivity contribution in [1.29, 1.82) is 0 Å². The van der Waals surface area contributed by atoms with Crippen molar-refractivity contribution in [2.45, 2.75) is 27.2 Å². The second kappa shape index (κ2) is 5.38. The highest BCUT2D eigenvalue weighted by atomic mass is 16.5. The van der Waals surface area contributed by atoms with Gasteiger partial charge in [0.2, 0.25) is 5.91 Å². The zero-order valence-corrected chi connectivity index (χ0v) is 11.2. The van der Waals surface area contributed by atoms with E-state index >= 15 is 0 Å². The number of hydrogen-bond acceptors (Lipinski definition) is 3. The highest BCUT2D eigenvalue weighted by Gasteiger charge is 2.29. The molecule has 1 heterocycles. The van der Waals surface area contributed by atoms with Crippen LogP contribution in [0.2, 0.25) is 0 Å². The predicted molar refractivity (Wildman–Crippen MR) is 64.6 cm³/mol. The second-order valence-corrected chi connectivity index (χ2v) is 5.35. The van der Waals surface area contributed by atoms with E-state index in [2.05, 4.69) is 0 Å². The van der Waals surface area contributed by atoms with E-state index in [0.29, 0.717) is 26.2 Å². The summed E-state index contributed by atoms with van der Waals surface area (Å²) in [6.45, 7) is 8.25. The van der Waals surface area contributed by atoms with Gasteiger partial charge in [-0.15, -0.1) is 0 Å². The molecule has 0 atom stereocenters. The summed E-state index contributed by atoms with van der Waals surface area (Å²) >= 11 is 0. The number of nitrogens with zero attached hydrogens (tertiary/aromatic N) is 2. The van der Waals surface area contributed by atoms with Crippen LogP contribution in [0, 0.1) is 5.41 Å². The van der Waals surface area contributed by atoms with Crippen molar-refractivity contribution in [2.24, 2.45) is 5.41 Å². The molecule has 0 unspecified atom stereocenters. The van der Waals surface area contributed by atoms with Crippen LogP contribution in [0.3, 0.4) is 0 Å². The van der Waals surface area contributed by atoms with Gasteiger partial charge in [0.1, 0.15) is 0 Å². The number of amides is 2. The summed E-state index contributed by atoms with van der Waals surface area (Å²) in [4.78, 5) is 27.0. The lowest BCUT2D eigenvalue weighted by atomic mass is 9.94. The summed E-state index contributed by atoms with van der Waals surface area (Å²) in [5, 5.41) is 0. The number of carbonyl (C=O) groups is 2. The highest BCUT2D eigenvalue weighted by molar-refractivity contribution is 5.81. The molecule has 1 saturated heterocycles. The molecule has 0 aliphatic carbocycles. The summed E-state index contributed by atoms with van der Waals surface area (Å²) in [5.41, 5.74) is -0.361. The molecular weight excluding hydrogens is 220 g/mol. The summed E-state index contributed by atoms with van der Waals surface area (Å²) in [7, 11) is 1.38. The minimum atomic E-state index is -0.361. The topological polar surface area (TPSA) is 49.9 Å². The lowest BCUT2D eigenvalue weighted by Crippen LogP contribution is -2.42. The van der Waals surface area contributed by atoms with Gasteiger partial charge in [-0.25, -0.2) is 4.79 Å². The van der Waals surface area contributed by atoms with Gasteiger partial charge in [0.15, 0.2) is 0 Å². The fourth-order valence-corrected chi connectivity index (χ4v) is 1.91. The molecule has 1 aliphatic rings. The van der Waals surface area contributed by atoms with E-state index in [1.54, 1.807) is 4.90 Å². The Morgan fingerprint density at radius 3 is 2.06 bits per heavy atom. The molecule has 0 saturated carbocycles. The molecule has 0 aromatic rings. The van der Waals surface area contributed by atoms with Crippen LogP contribution in [0.25, 0.3) is 0 Å². The van der Waals surface area contributed by atoms with Gasteiger partial charge in [-0.3, -0.25) is 4.79 Å². The van der Waals surface area contributed by atoms with Gasteiger partial charge in [0.25, 0.3) is 0 Å². The maximum atomic E-state index is 12.1. The van der Waals surface area contributed by atoms with Gasteiger partial charge in [-0.1, -0.05) is 20.8 Å². The minimum absolute atomic E-state index is 0.143. The molecule has 5 heteroatoms. The Morgan fingerprint density at radius 2 is 1.53 bits per heavy atom. The van der Waals surface area contributed by atoms with Crippen LogP contribution in [-0.4, -0.2) is 55.1 Å². The SMILES string of the molecule is COC(=O)N1CCCN(C(=O)C(C)(C)C)CC1. The Bertz CT molecular complexity index is 297. The van der Waals surface area contributed by atoms with E-state index in [1.165, 1.54) is 7.11 Å². The van der Waals surface area contributed by atoms with Gasteiger partial charge in [0, 0.05) is 31.6 Å². The third kappa shape index (κ3) is 3.61. The van der Waals surface area contributed by atoms with E-state index in [1.807, 2.05) is 25.7 Å². The number of methoxy groups -OCH3 is 1. The molecule has 0 spiro atoms. The Kier molecular flexibility index (Phi) is 4.37. The maximum absolute atomic E-state index is 12.1. The monoisotopic (exact) mass is 242 g/mol. The molecule has 0 bridgehead atoms. The zero-order valence-electron chi connectivity index (χ0n) is 11.2. The minimum Gasteiger partial charge on any atom is -0.453 e. The first-order valence-corrected chi connectivity index (χ1v) is 5.98. The van der Waals surface area contributed by atoms with Crippen molar-refractivity contribution >= 4 is 12.0 Å². The van der Waals surface area contributed by atoms with Crippen molar-refractivity contribution in [2.75, 3.05) is 33.3 Å². The van der Waals surface area contributed by atoms with Crippen LogP contribution in [0.15, 0.2) is 0 Å². The van der Waals surface area contributed by atoms with Crippen molar-refractivity contribution in [3.05, 3.63) is 0 Å². The Labute approximate surface area is 103 Å². The van der Waals surface area contributed by atoms with Crippen molar-refractivity contribution in [3.8, 4) is 0 Å². The number of carbonyl (C=O) groups excluding carboxylic acids is 2. The Morgan fingerprint density at radius 1 is 1.00 bits per heavy atom. The lowest BCUT2D eigenvalue weighted by Gasteiger charge is -2.28. The van der Waals surface area contributed by atoms with Crippen LogP contribution in [0.1, 0.15) is 27.2 Å². The molecule has 0 radical (unpaired) electrons. The summed E-state index contributed by atoms with van der Waals surface area (Å²) < 4.78 is 4.69. The Balaban J connectivity index is 2.59. The maximum Gasteiger partial charge on any atom is 0.409 e. The molecule has 1 aliphatic heterocycles. The first-order chi connectivity index (χ1) is 7.86. The smallest absolute Gasteiger partial charge is 0.409 e. The molecule has 98 valence electrons. The van der Waals surface area contributed by atoms with Crippen molar-refractivity contribution < 1.29 is 14.3 Å². The zero-order chi connectivity index (χ0) is 13.1. The fourth-order valence-electron chi connectivity index (χ4n) is 1.91. The third-order valence-corrected chi connectivity index (χ3v) is 2.86. The van der Waals surface area contributed by atoms with Gasteiger partial charge >= 0.3 is 6.09 Å². The predicted octanol–water partition coefficient (Wildman–Crippen LogP) is 1.33. The van der Waals surface area contributed by atoms with E-state index in [4.69, 9.17) is 4.74 Å². The van der Waals surface area contributed by atoms with Crippen LogP contribution < -0.4 is 0 Å². The average Bonchev–Trinajstić information content (AvgIpc) is 2.51. The second-order valence-electron chi connectivity index (χ2n) is 5.35. The van der Waals surface area contributed by atoms with Crippen molar-refractivity contribution in [1.82, 2.24) is 9.80 Å². The van der Waals surface area contributed by atoms with Crippen molar-refractivity contribution in [3.63, 3.8) is 0 Å².